The lowest BCUT2D eigenvalue weighted by molar-refractivity contribution is -0.385. The van der Waals surface area contributed by atoms with Crippen molar-refractivity contribution in [2.45, 2.75) is 13.5 Å². The Balaban J connectivity index is 2.67. The van der Waals surface area contributed by atoms with E-state index in [1.165, 1.54) is 38.1 Å². The highest BCUT2D eigenvalue weighted by atomic mass is 16.6. The van der Waals surface area contributed by atoms with Crippen molar-refractivity contribution in [3.05, 3.63) is 33.9 Å². The van der Waals surface area contributed by atoms with Gasteiger partial charge in [0.05, 0.1) is 18.0 Å². The molecule has 2 N–H and O–H groups in total. The Hall–Kier alpha value is -2.84. The molecule has 1 rings (SSSR count). The van der Waals surface area contributed by atoms with Gasteiger partial charge in [0.1, 0.15) is 0 Å². The van der Waals surface area contributed by atoms with Crippen LogP contribution in [0.5, 0.6) is 5.75 Å². The summed E-state index contributed by atoms with van der Waals surface area (Å²) in [6.45, 7) is 1.64. The van der Waals surface area contributed by atoms with Crippen molar-refractivity contribution in [3.63, 3.8) is 0 Å². The maximum absolute atomic E-state index is 11.9. The predicted molar refractivity (Wildman–Crippen MR) is 81.3 cm³/mol. The molecular weight excluding hydrogens is 306 g/mol. The first-order chi connectivity index (χ1) is 10.8. The van der Waals surface area contributed by atoms with Gasteiger partial charge in [-0.15, -0.1) is 0 Å². The van der Waals surface area contributed by atoms with E-state index in [0.717, 1.165) is 0 Å². The molecule has 0 saturated heterocycles. The number of nitrogens with one attached hydrogen (secondary N) is 1. The van der Waals surface area contributed by atoms with Gasteiger partial charge in [-0.2, -0.15) is 0 Å². The highest BCUT2D eigenvalue weighted by Crippen LogP contribution is 2.27. The molecular formula is C14H19N3O6. The molecule has 0 bridgehead atoms. The van der Waals surface area contributed by atoms with Gasteiger partial charge < -0.3 is 20.1 Å². The normalized spacial score (nSPS) is 11.4. The van der Waals surface area contributed by atoms with E-state index in [9.17, 15) is 19.7 Å². The van der Waals surface area contributed by atoms with Crippen LogP contribution in [0.2, 0.25) is 0 Å². The number of hydrogen-bond donors (Lipinski definition) is 2. The van der Waals surface area contributed by atoms with E-state index in [-0.39, 0.29) is 24.5 Å². The molecule has 1 aromatic carbocycles. The minimum Gasteiger partial charge on any atom is -0.490 e. The van der Waals surface area contributed by atoms with Crippen LogP contribution in [0.25, 0.3) is 0 Å². The Kier molecular flexibility index (Phi) is 6.31. The molecule has 0 aromatic heterocycles. The molecule has 0 heterocycles. The quantitative estimate of drug-likeness (QED) is 0.578. The van der Waals surface area contributed by atoms with Crippen LogP contribution in [0.4, 0.5) is 10.5 Å². The number of carboxylic acid groups (broad SMARTS) is 1. The first-order valence-electron chi connectivity index (χ1n) is 6.79. The van der Waals surface area contributed by atoms with Crippen molar-refractivity contribution in [2.75, 3.05) is 20.7 Å². The number of methoxy groups -OCH3 is 1. The average molecular weight is 325 g/mol. The molecule has 2 amide bonds. The summed E-state index contributed by atoms with van der Waals surface area (Å²) in [5, 5.41) is 22.3. The molecule has 0 fully saturated rings. The number of nitrogens with zero attached hydrogens (tertiary/aromatic N) is 2. The number of ether oxygens (including phenoxy) is 1. The molecule has 1 aromatic rings. The van der Waals surface area contributed by atoms with Gasteiger partial charge in [-0.3, -0.25) is 14.9 Å². The molecule has 9 heteroatoms. The zero-order valence-corrected chi connectivity index (χ0v) is 13.1. The van der Waals surface area contributed by atoms with Crippen LogP contribution in [-0.2, 0) is 11.3 Å². The Labute approximate surface area is 133 Å². The summed E-state index contributed by atoms with van der Waals surface area (Å²) in [7, 11) is 2.81. The molecule has 0 spiro atoms. The summed E-state index contributed by atoms with van der Waals surface area (Å²) in [6, 6.07) is 3.91. The first kappa shape index (κ1) is 18.2. The first-order valence-corrected chi connectivity index (χ1v) is 6.79. The van der Waals surface area contributed by atoms with E-state index in [1.54, 1.807) is 6.07 Å². The van der Waals surface area contributed by atoms with E-state index < -0.39 is 22.8 Å². The lowest BCUT2D eigenvalue weighted by atomic mass is 10.2. The van der Waals surface area contributed by atoms with Crippen LogP contribution in [0.3, 0.4) is 0 Å². The number of nitro benzene ring substituents is 1. The third-order valence-electron chi connectivity index (χ3n) is 3.20. The van der Waals surface area contributed by atoms with Gasteiger partial charge in [-0.25, -0.2) is 4.79 Å². The van der Waals surface area contributed by atoms with E-state index in [4.69, 9.17) is 9.84 Å². The number of carboxylic acids is 1. The van der Waals surface area contributed by atoms with Crippen molar-refractivity contribution in [1.29, 1.82) is 0 Å². The van der Waals surface area contributed by atoms with Gasteiger partial charge in [0.15, 0.2) is 5.75 Å². The van der Waals surface area contributed by atoms with Crippen LogP contribution in [0.15, 0.2) is 18.2 Å². The summed E-state index contributed by atoms with van der Waals surface area (Å²) in [5.41, 5.74) is 0.345. The van der Waals surface area contributed by atoms with Gasteiger partial charge in [0.25, 0.3) is 0 Å². The molecule has 9 nitrogen and oxygen atoms in total. The van der Waals surface area contributed by atoms with E-state index in [1.807, 2.05) is 0 Å². The fraction of sp³-hybridized carbons (Fsp3) is 0.429. The number of aliphatic carboxylic acids is 1. The zero-order chi connectivity index (χ0) is 17.6. The van der Waals surface area contributed by atoms with Crippen molar-refractivity contribution in [1.82, 2.24) is 10.2 Å². The molecule has 1 unspecified atom stereocenters. The lowest BCUT2D eigenvalue weighted by Gasteiger charge is -2.20. The summed E-state index contributed by atoms with van der Waals surface area (Å²) >= 11 is 0. The van der Waals surface area contributed by atoms with Crippen LogP contribution >= 0.6 is 0 Å². The zero-order valence-electron chi connectivity index (χ0n) is 13.1. The SMILES string of the molecule is COc1ccc(CNC(=O)N(C)CC(C)C(=O)O)cc1[N+](=O)[O-]. The van der Waals surface area contributed by atoms with Crippen LogP contribution in [-0.4, -0.2) is 47.6 Å². The molecule has 0 aliphatic heterocycles. The van der Waals surface area contributed by atoms with Gasteiger partial charge >= 0.3 is 17.7 Å². The molecule has 0 aliphatic rings. The maximum atomic E-state index is 11.9. The largest absolute Gasteiger partial charge is 0.490 e. The van der Waals surface area contributed by atoms with E-state index in [0.29, 0.717) is 5.56 Å². The minimum absolute atomic E-state index is 0.0595. The second-order valence-corrected chi connectivity index (χ2v) is 5.04. The summed E-state index contributed by atoms with van der Waals surface area (Å²) < 4.78 is 4.90. The highest BCUT2D eigenvalue weighted by molar-refractivity contribution is 5.75. The van der Waals surface area contributed by atoms with Crippen LogP contribution < -0.4 is 10.1 Å². The van der Waals surface area contributed by atoms with Gasteiger partial charge in [-0.05, 0) is 11.6 Å². The average Bonchev–Trinajstić information content (AvgIpc) is 2.51. The molecule has 126 valence electrons. The van der Waals surface area contributed by atoms with Gasteiger partial charge in [0, 0.05) is 26.2 Å². The number of rotatable bonds is 7. The topological polar surface area (TPSA) is 122 Å². The Morgan fingerprint density at radius 1 is 1.48 bits per heavy atom. The Morgan fingerprint density at radius 3 is 2.65 bits per heavy atom. The van der Waals surface area contributed by atoms with Gasteiger partial charge in [-0.1, -0.05) is 13.0 Å². The Bertz CT molecular complexity index is 604. The monoisotopic (exact) mass is 325 g/mol. The summed E-state index contributed by atoms with van der Waals surface area (Å²) in [6.07, 6.45) is 0. The van der Waals surface area contributed by atoms with Crippen molar-refractivity contribution >= 4 is 17.7 Å². The third-order valence-corrected chi connectivity index (χ3v) is 3.20. The maximum Gasteiger partial charge on any atom is 0.317 e. The standard InChI is InChI=1S/C14H19N3O6/c1-9(13(18)19)8-16(2)14(20)15-7-10-4-5-12(23-3)11(6-10)17(21)22/h4-6,9H,7-8H2,1-3H3,(H,15,20)(H,18,19). The molecule has 0 saturated carbocycles. The third kappa shape index (κ3) is 5.13. The molecule has 23 heavy (non-hydrogen) atoms. The van der Waals surface area contributed by atoms with E-state index in [2.05, 4.69) is 5.32 Å². The van der Waals surface area contributed by atoms with Crippen LogP contribution in [0.1, 0.15) is 12.5 Å². The number of hydrogen-bond acceptors (Lipinski definition) is 5. The number of carbonyl (C=O) groups excluding carboxylic acids is 1. The number of benzene rings is 1. The Morgan fingerprint density at radius 2 is 2.13 bits per heavy atom. The molecule has 0 radical (unpaired) electrons. The summed E-state index contributed by atoms with van der Waals surface area (Å²) in [4.78, 5) is 34.3. The smallest absolute Gasteiger partial charge is 0.317 e. The predicted octanol–water partition coefficient (Wildman–Crippen LogP) is 1.47. The number of carbonyl (C=O) groups is 2. The fourth-order valence-electron chi connectivity index (χ4n) is 1.87. The molecule has 1 atom stereocenters. The number of amides is 2. The second-order valence-electron chi connectivity index (χ2n) is 5.04. The van der Waals surface area contributed by atoms with E-state index >= 15 is 0 Å². The van der Waals surface area contributed by atoms with Crippen LogP contribution in [0, 0.1) is 16.0 Å². The lowest BCUT2D eigenvalue weighted by Crippen LogP contribution is -2.40. The fourth-order valence-corrected chi connectivity index (χ4v) is 1.87. The van der Waals surface area contributed by atoms with Crippen molar-refractivity contribution in [2.24, 2.45) is 5.92 Å². The summed E-state index contributed by atoms with van der Waals surface area (Å²) in [5.74, 6) is -1.54. The molecule has 0 aliphatic carbocycles. The van der Waals surface area contributed by atoms with Crippen molar-refractivity contribution in [3.8, 4) is 5.75 Å². The number of nitro groups is 1. The second kappa shape index (κ2) is 7.97. The minimum atomic E-state index is -0.990. The highest BCUT2D eigenvalue weighted by Gasteiger charge is 2.18. The number of urea groups is 1. The van der Waals surface area contributed by atoms with Gasteiger partial charge in [0.2, 0.25) is 0 Å². The van der Waals surface area contributed by atoms with Crippen molar-refractivity contribution < 1.29 is 24.4 Å².